The summed E-state index contributed by atoms with van der Waals surface area (Å²) in [5.74, 6) is 1.44. The van der Waals surface area contributed by atoms with Crippen molar-refractivity contribution < 1.29 is 18.3 Å². The first-order valence-corrected chi connectivity index (χ1v) is 8.56. The normalized spacial score (nSPS) is 14.3. The maximum atomic E-state index is 12.3. The van der Waals surface area contributed by atoms with Gasteiger partial charge in [0.1, 0.15) is 0 Å². The van der Waals surface area contributed by atoms with Gasteiger partial charge in [-0.15, -0.1) is 0 Å². The number of guanidine groups is 1. The molecule has 1 atom stereocenters. The Morgan fingerprint density at radius 2 is 1.92 bits per heavy atom. The maximum Gasteiger partial charge on any atom is 0.401 e. The Morgan fingerprint density at radius 3 is 2.42 bits per heavy atom. The van der Waals surface area contributed by atoms with Gasteiger partial charge in [-0.2, -0.15) is 13.2 Å². The Bertz CT molecular complexity index is 349. The zero-order chi connectivity index (χ0) is 18.6. The first kappa shape index (κ1) is 23.0. The van der Waals surface area contributed by atoms with Crippen LogP contribution in [0, 0.1) is 11.8 Å². The Kier molecular flexibility index (Phi) is 11.8. The van der Waals surface area contributed by atoms with Gasteiger partial charge in [0.2, 0.25) is 0 Å². The van der Waals surface area contributed by atoms with Crippen molar-refractivity contribution in [1.82, 2.24) is 15.5 Å². The highest BCUT2D eigenvalue weighted by molar-refractivity contribution is 5.79. The minimum atomic E-state index is -4.18. The number of alkyl halides is 3. The lowest BCUT2D eigenvalue weighted by atomic mass is 9.94. The van der Waals surface area contributed by atoms with Gasteiger partial charge >= 0.3 is 6.18 Å². The van der Waals surface area contributed by atoms with Gasteiger partial charge in [-0.1, -0.05) is 13.8 Å². The second-order valence-electron chi connectivity index (χ2n) is 6.51. The molecule has 0 rings (SSSR count). The number of nitrogens with zero attached hydrogens (tertiary/aromatic N) is 2. The third-order valence-corrected chi connectivity index (χ3v) is 3.43. The van der Waals surface area contributed by atoms with Crippen LogP contribution in [0.15, 0.2) is 4.99 Å². The first-order valence-electron chi connectivity index (χ1n) is 8.56. The monoisotopic (exact) mass is 354 g/mol. The topological polar surface area (TPSA) is 59.9 Å². The van der Waals surface area contributed by atoms with Crippen LogP contribution in [0.5, 0.6) is 0 Å². The molecule has 0 fully saturated rings. The van der Waals surface area contributed by atoms with Crippen LogP contribution in [0.1, 0.15) is 33.6 Å². The Labute approximate surface area is 143 Å². The summed E-state index contributed by atoms with van der Waals surface area (Å²) in [7, 11) is 1.44. The van der Waals surface area contributed by atoms with Gasteiger partial charge in [-0.3, -0.25) is 9.89 Å². The second-order valence-corrected chi connectivity index (χ2v) is 6.51. The molecule has 0 aromatic rings. The van der Waals surface area contributed by atoms with Gasteiger partial charge < -0.3 is 15.7 Å². The molecule has 0 saturated carbocycles. The Hall–Kier alpha value is -1.02. The Morgan fingerprint density at radius 1 is 1.25 bits per heavy atom. The van der Waals surface area contributed by atoms with E-state index >= 15 is 0 Å². The summed E-state index contributed by atoms with van der Waals surface area (Å²) in [6.45, 7) is 7.34. The number of aliphatic imine (C=N–C) groups is 1. The summed E-state index contributed by atoms with van der Waals surface area (Å²) in [6.07, 6.45) is -2.49. The lowest BCUT2D eigenvalue weighted by Crippen LogP contribution is -2.42. The standard InChI is InChI=1S/C16H33F3N4O/c1-5-20-15(21-7-8-23(4)12-16(17,18)19)22-11-14(6-9-24)10-13(2)3/h13-14,24H,5-12H2,1-4H3,(H2,20,21,22). The minimum absolute atomic E-state index is 0.138. The fourth-order valence-corrected chi connectivity index (χ4v) is 2.45. The average molecular weight is 354 g/mol. The zero-order valence-electron chi connectivity index (χ0n) is 15.3. The summed E-state index contributed by atoms with van der Waals surface area (Å²) >= 11 is 0. The van der Waals surface area contributed by atoms with E-state index < -0.39 is 12.7 Å². The molecule has 5 nitrogen and oxygen atoms in total. The molecule has 3 N–H and O–H groups in total. The molecule has 0 heterocycles. The van der Waals surface area contributed by atoms with Crippen molar-refractivity contribution in [2.45, 2.75) is 39.8 Å². The van der Waals surface area contributed by atoms with E-state index in [9.17, 15) is 13.2 Å². The molecule has 0 saturated heterocycles. The van der Waals surface area contributed by atoms with E-state index in [-0.39, 0.29) is 13.2 Å². The number of nitrogens with one attached hydrogen (secondary N) is 2. The molecule has 0 bridgehead atoms. The highest BCUT2D eigenvalue weighted by atomic mass is 19.4. The van der Waals surface area contributed by atoms with Gasteiger partial charge in [0.15, 0.2) is 5.96 Å². The summed E-state index contributed by atoms with van der Waals surface area (Å²) in [6, 6.07) is 0. The van der Waals surface area contributed by atoms with Crippen molar-refractivity contribution in [3.8, 4) is 0 Å². The zero-order valence-corrected chi connectivity index (χ0v) is 15.3. The molecule has 0 aromatic heterocycles. The smallest absolute Gasteiger partial charge is 0.396 e. The molecule has 0 radical (unpaired) electrons. The van der Waals surface area contributed by atoms with Crippen molar-refractivity contribution >= 4 is 5.96 Å². The van der Waals surface area contributed by atoms with Crippen LogP contribution in [0.3, 0.4) is 0 Å². The van der Waals surface area contributed by atoms with Gasteiger partial charge in [0, 0.05) is 32.8 Å². The fraction of sp³-hybridized carbons (Fsp3) is 0.938. The number of likely N-dealkylation sites (N-methyl/N-ethyl adjacent to an activating group) is 1. The number of halogens is 3. The summed E-state index contributed by atoms with van der Waals surface area (Å²) in [5.41, 5.74) is 0. The van der Waals surface area contributed by atoms with Crippen LogP contribution < -0.4 is 10.6 Å². The van der Waals surface area contributed by atoms with E-state index in [4.69, 9.17) is 5.11 Å². The molecule has 1 unspecified atom stereocenters. The number of rotatable bonds is 11. The van der Waals surface area contributed by atoms with Crippen molar-refractivity contribution in [2.24, 2.45) is 16.8 Å². The molecule has 24 heavy (non-hydrogen) atoms. The summed E-state index contributed by atoms with van der Waals surface area (Å²) < 4.78 is 36.8. The maximum absolute atomic E-state index is 12.3. The molecule has 144 valence electrons. The van der Waals surface area contributed by atoms with Crippen LogP contribution in [-0.4, -0.2) is 68.5 Å². The molecule has 0 aromatic carbocycles. The molecule has 0 aliphatic heterocycles. The van der Waals surface area contributed by atoms with E-state index in [1.54, 1.807) is 0 Å². The quantitative estimate of drug-likeness (QED) is 0.393. The van der Waals surface area contributed by atoms with Crippen LogP contribution in [-0.2, 0) is 0 Å². The van der Waals surface area contributed by atoms with E-state index in [2.05, 4.69) is 29.5 Å². The molecule has 0 aliphatic carbocycles. The van der Waals surface area contributed by atoms with Gasteiger partial charge in [0.05, 0.1) is 6.54 Å². The third kappa shape index (κ3) is 13.4. The van der Waals surface area contributed by atoms with Crippen LogP contribution >= 0.6 is 0 Å². The van der Waals surface area contributed by atoms with E-state index in [1.165, 1.54) is 11.9 Å². The van der Waals surface area contributed by atoms with Crippen LogP contribution in [0.25, 0.3) is 0 Å². The van der Waals surface area contributed by atoms with E-state index in [0.29, 0.717) is 43.9 Å². The second kappa shape index (κ2) is 12.4. The number of hydrogen-bond donors (Lipinski definition) is 3. The van der Waals surface area contributed by atoms with Crippen molar-refractivity contribution in [3.63, 3.8) is 0 Å². The molecule has 0 aliphatic rings. The van der Waals surface area contributed by atoms with Crippen molar-refractivity contribution in [2.75, 3.05) is 46.4 Å². The van der Waals surface area contributed by atoms with Gasteiger partial charge in [-0.05, 0) is 38.6 Å². The number of aliphatic hydroxyl groups excluding tert-OH is 1. The number of hydrogen-bond acceptors (Lipinski definition) is 3. The summed E-state index contributed by atoms with van der Waals surface area (Å²) in [4.78, 5) is 5.73. The Balaban J connectivity index is 4.40. The average Bonchev–Trinajstić information content (AvgIpc) is 2.42. The molecule has 0 amide bonds. The minimum Gasteiger partial charge on any atom is -0.396 e. The molecular formula is C16H33F3N4O. The van der Waals surface area contributed by atoms with Gasteiger partial charge in [0.25, 0.3) is 0 Å². The predicted octanol–water partition coefficient (Wildman–Crippen LogP) is 2.08. The van der Waals surface area contributed by atoms with Crippen LogP contribution in [0.2, 0.25) is 0 Å². The number of aliphatic hydroxyl groups is 1. The lowest BCUT2D eigenvalue weighted by Gasteiger charge is -2.20. The largest absolute Gasteiger partial charge is 0.401 e. The predicted molar refractivity (Wildman–Crippen MR) is 92.2 cm³/mol. The van der Waals surface area contributed by atoms with Crippen molar-refractivity contribution in [1.29, 1.82) is 0 Å². The van der Waals surface area contributed by atoms with Crippen molar-refractivity contribution in [3.05, 3.63) is 0 Å². The highest BCUT2D eigenvalue weighted by Crippen LogP contribution is 2.16. The van der Waals surface area contributed by atoms with E-state index in [0.717, 1.165) is 6.42 Å². The molecular weight excluding hydrogens is 321 g/mol. The molecule has 8 heteroatoms. The molecule has 0 spiro atoms. The first-order chi connectivity index (χ1) is 11.2. The summed E-state index contributed by atoms with van der Waals surface area (Å²) in [5, 5.41) is 15.3. The van der Waals surface area contributed by atoms with Crippen LogP contribution in [0.4, 0.5) is 13.2 Å². The lowest BCUT2D eigenvalue weighted by molar-refractivity contribution is -0.142. The SMILES string of the molecule is CCNC(=NCC(CCO)CC(C)C)NCCN(C)CC(F)(F)F. The third-order valence-electron chi connectivity index (χ3n) is 3.43. The fourth-order valence-electron chi connectivity index (χ4n) is 2.45. The van der Waals surface area contributed by atoms with E-state index in [1.807, 2.05) is 6.92 Å². The van der Waals surface area contributed by atoms with Gasteiger partial charge in [-0.25, -0.2) is 0 Å². The highest BCUT2D eigenvalue weighted by Gasteiger charge is 2.28.